The quantitative estimate of drug-likeness (QED) is 0.168. The first-order valence-electron chi connectivity index (χ1n) is 3.13. The van der Waals surface area contributed by atoms with Crippen LogP contribution in [0, 0.1) is 4.91 Å². The van der Waals surface area contributed by atoms with E-state index in [0.29, 0.717) is 13.1 Å². The molecule has 8 nitrogen and oxygen atoms in total. The molecule has 0 radical (unpaired) electrons. The van der Waals surface area contributed by atoms with Crippen LogP contribution in [0.5, 0.6) is 0 Å². The van der Waals surface area contributed by atoms with E-state index in [2.05, 4.69) is 25.6 Å². The minimum absolute atomic E-state index is 0.193. The minimum Gasteiger partial charge on any atom is -0.365 e. The topological polar surface area (TPSA) is 108 Å². The van der Waals surface area contributed by atoms with Crippen LogP contribution in [-0.2, 0) is 4.99 Å². The molecule has 0 aliphatic carbocycles. The first-order valence-corrected chi connectivity index (χ1v) is 3.13. The Labute approximate surface area is 67.2 Å². The van der Waals surface area contributed by atoms with Gasteiger partial charge in [0.15, 0.2) is 5.84 Å². The van der Waals surface area contributed by atoms with Gasteiger partial charge in [-0.25, -0.2) is 5.26 Å². The minimum atomic E-state index is -0.193. The van der Waals surface area contributed by atoms with Crippen LogP contribution >= 0.6 is 0 Å². The van der Waals surface area contributed by atoms with Crippen molar-refractivity contribution >= 4 is 11.7 Å². The fraction of sp³-hybridized carbons (Fsp3) is 0.500. The van der Waals surface area contributed by atoms with Crippen LogP contribution in [-0.4, -0.2) is 30.0 Å². The third-order valence-electron chi connectivity index (χ3n) is 1.16. The van der Waals surface area contributed by atoms with Gasteiger partial charge in [0.2, 0.25) is 0 Å². The number of rotatable bonds is 3. The van der Waals surface area contributed by atoms with Crippen LogP contribution < -0.4 is 10.9 Å². The van der Waals surface area contributed by atoms with Crippen molar-refractivity contribution in [3.63, 3.8) is 0 Å². The van der Waals surface area contributed by atoms with Crippen LogP contribution in [0.15, 0.2) is 15.3 Å². The zero-order chi connectivity index (χ0) is 8.81. The second kappa shape index (κ2) is 4.36. The molecule has 0 fully saturated rings. The summed E-state index contributed by atoms with van der Waals surface area (Å²) < 4.78 is 0. The van der Waals surface area contributed by atoms with Gasteiger partial charge < -0.3 is 5.32 Å². The standard InChI is InChI=1S/C4H7N5O3/c10-8-4(7-9-12-11)3-5-1-2-6-3/h9,11H,1-2H2,(H,5,6). The number of hydrogen-bond acceptors (Lipinski definition) is 7. The molecule has 1 aliphatic heterocycles. The predicted octanol–water partition coefficient (Wildman–Crippen LogP) is -0.938. The molecule has 0 unspecified atom stereocenters. The van der Waals surface area contributed by atoms with Gasteiger partial charge in [0.25, 0.3) is 5.84 Å². The number of hydrazone groups is 1. The number of aliphatic imine (C=N–C) groups is 1. The van der Waals surface area contributed by atoms with Crippen molar-refractivity contribution in [3.8, 4) is 0 Å². The number of nitroso groups, excluding NO2 is 1. The van der Waals surface area contributed by atoms with E-state index in [1.54, 1.807) is 5.59 Å². The Bertz CT molecular complexity index is 225. The Hall–Kier alpha value is -1.54. The molecule has 0 atom stereocenters. The molecule has 1 rings (SSSR count). The maximum Gasteiger partial charge on any atom is 0.259 e. The van der Waals surface area contributed by atoms with Crippen LogP contribution in [0.3, 0.4) is 0 Å². The zero-order valence-corrected chi connectivity index (χ0v) is 6.02. The van der Waals surface area contributed by atoms with Crippen molar-refractivity contribution in [1.82, 2.24) is 10.9 Å². The van der Waals surface area contributed by atoms with Crippen LogP contribution in [0.1, 0.15) is 0 Å². The van der Waals surface area contributed by atoms with Gasteiger partial charge in [-0.05, 0) is 5.18 Å². The summed E-state index contributed by atoms with van der Waals surface area (Å²) in [7, 11) is 0. The largest absolute Gasteiger partial charge is 0.365 e. The molecular formula is C4H7N5O3. The number of nitrogens with one attached hydrogen (secondary N) is 2. The molecule has 0 bridgehead atoms. The van der Waals surface area contributed by atoms with E-state index in [9.17, 15) is 4.91 Å². The molecule has 0 amide bonds. The van der Waals surface area contributed by atoms with E-state index in [1.165, 1.54) is 0 Å². The van der Waals surface area contributed by atoms with Gasteiger partial charge in [-0.1, -0.05) is 4.99 Å². The maximum absolute atomic E-state index is 10.1. The Morgan fingerprint density at radius 2 is 2.67 bits per heavy atom. The Morgan fingerprint density at radius 1 is 1.83 bits per heavy atom. The van der Waals surface area contributed by atoms with Crippen LogP contribution in [0.4, 0.5) is 0 Å². The van der Waals surface area contributed by atoms with E-state index in [-0.39, 0.29) is 11.7 Å². The molecule has 1 aliphatic rings. The Kier molecular flexibility index (Phi) is 3.11. The van der Waals surface area contributed by atoms with E-state index in [4.69, 9.17) is 5.26 Å². The van der Waals surface area contributed by atoms with Gasteiger partial charge in [-0.2, -0.15) is 5.59 Å². The monoisotopic (exact) mass is 173 g/mol. The Balaban J connectivity index is 2.60. The summed E-state index contributed by atoms with van der Waals surface area (Å²) in [6, 6.07) is 0. The highest BCUT2D eigenvalue weighted by molar-refractivity contribution is 6.41. The van der Waals surface area contributed by atoms with Crippen molar-refractivity contribution in [2.75, 3.05) is 13.1 Å². The highest BCUT2D eigenvalue weighted by Crippen LogP contribution is 1.89. The van der Waals surface area contributed by atoms with Crippen LogP contribution in [0.25, 0.3) is 0 Å². The average molecular weight is 173 g/mol. The summed E-state index contributed by atoms with van der Waals surface area (Å²) in [6.07, 6.45) is 0. The van der Waals surface area contributed by atoms with Crippen molar-refractivity contribution in [3.05, 3.63) is 4.91 Å². The van der Waals surface area contributed by atoms with Gasteiger partial charge in [0.1, 0.15) is 0 Å². The van der Waals surface area contributed by atoms with Gasteiger partial charge in [0.05, 0.1) is 6.54 Å². The smallest absolute Gasteiger partial charge is 0.259 e. The zero-order valence-electron chi connectivity index (χ0n) is 6.02. The second-order valence-electron chi connectivity index (χ2n) is 1.87. The first kappa shape index (κ1) is 8.56. The molecule has 0 spiro atoms. The van der Waals surface area contributed by atoms with Crippen molar-refractivity contribution < 1.29 is 10.2 Å². The maximum atomic E-state index is 10.1. The summed E-state index contributed by atoms with van der Waals surface area (Å²) in [5.74, 6) is 0.0936. The lowest BCUT2D eigenvalue weighted by atomic mass is 10.5. The SMILES string of the molecule is O=NC(=NNOO)C1=NCCN1. The molecule has 66 valence electrons. The number of hydrogen-bond donors (Lipinski definition) is 3. The van der Waals surface area contributed by atoms with Crippen molar-refractivity contribution in [2.45, 2.75) is 0 Å². The average Bonchev–Trinajstić information content (AvgIpc) is 2.59. The molecule has 3 N–H and O–H groups in total. The Morgan fingerprint density at radius 3 is 3.17 bits per heavy atom. The fourth-order valence-corrected chi connectivity index (χ4v) is 0.728. The summed E-state index contributed by atoms with van der Waals surface area (Å²) in [6.45, 7) is 1.22. The fourth-order valence-electron chi connectivity index (χ4n) is 0.728. The molecule has 12 heavy (non-hydrogen) atoms. The van der Waals surface area contributed by atoms with E-state index in [1.807, 2.05) is 0 Å². The van der Waals surface area contributed by atoms with Gasteiger partial charge in [0, 0.05) is 6.54 Å². The highest BCUT2D eigenvalue weighted by atomic mass is 17.2. The highest BCUT2D eigenvalue weighted by Gasteiger charge is 2.13. The summed E-state index contributed by atoms with van der Waals surface area (Å²) in [5, 5.41) is 16.4. The first-order chi connectivity index (χ1) is 5.88. The number of amidine groups is 2. The molecule has 8 heteroatoms. The summed E-state index contributed by atoms with van der Waals surface area (Å²) in [4.78, 5) is 17.4. The van der Waals surface area contributed by atoms with Gasteiger partial charge >= 0.3 is 0 Å². The van der Waals surface area contributed by atoms with E-state index >= 15 is 0 Å². The molecular weight excluding hydrogens is 166 g/mol. The number of nitrogens with zero attached hydrogens (tertiary/aromatic N) is 3. The predicted molar refractivity (Wildman–Crippen MR) is 40.4 cm³/mol. The molecule has 0 aromatic carbocycles. The lowest BCUT2D eigenvalue weighted by molar-refractivity contribution is -0.291. The molecule has 0 saturated carbocycles. The molecule has 0 saturated heterocycles. The second-order valence-corrected chi connectivity index (χ2v) is 1.87. The molecule has 0 aromatic heterocycles. The van der Waals surface area contributed by atoms with E-state index in [0.717, 1.165) is 0 Å². The third-order valence-corrected chi connectivity index (χ3v) is 1.16. The molecule has 1 heterocycles. The van der Waals surface area contributed by atoms with Crippen LogP contribution in [0.2, 0.25) is 0 Å². The lowest BCUT2D eigenvalue weighted by Gasteiger charge is -1.97. The normalized spacial score (nSPS) is 16.8. The van der Waals surface area contributed by atoms with Crippen molar-refractivity contribution in [1.29, 1.82) is 0 Å². The van der Waals surface area contributed by atoms with Gasteiger partial charge in [-0.15, -0.1) is 10.0 Å². The summed E-state index contributed by atoms with van der Waals surface area (Å²) in [5.41, 5.74) is 1.71. The lowest BCUT2D eigenvalue weighted by Crippen LogP contribution is -2.27. The van der Waals surface area contributed by atoms with Gasteiger partial charge in [-0.3, -0.25) is 4.99 Å². The van der Waals surface area contributed by atoms with Crippen molar-refractivity contribution in [2.24, 2.45) is 15.3 Å². The summed E-state index contributed by atoms with van der Waals surface area (Å²) >= 11 is 0. The third kappa shape index (κ3) is 1.97. The van der Waals surface area contributed by atoms with E-state index < -0.39 is 0 Å². The molecule has 0 aromatic rings.